The number of hydrogen-bond acceptors (Lipinski definition) is 3. The first-order valence-corrected chi connectivity index (χ1v) is 8.08. The van der Waals surface area contributed by atoms with Crippen LogP contribution in [0.2, 0.25) is 0 Å². The molecule has 0 bridgehead atoms. The van der Waals surface area contributed by atoms with E-state index in [2.05, 4.69) is 36.4 Å². The van der Waals surface area contributed by atoms with Gasteiger partial charge in [-0.3, -0.25) is 0 Å². The third kappa shape index (κ3) is 2.58. The zero-order chi connectivity index (χ0) is 16.5. The van der Waals surface area contributed by atoms with Gasteiger partial charge in [-0.2, -0.15) is 0 Å². The normalized spacial score (nSPS) is 19.3. The van der Waals surface area contributed by atoms with Crippen LogP contribution in [0.25, 0.3) is 0 Å². The molecule has 2 atom stereocenters. The number of fused-ring (bicyclic) bond motifs is 1. The zero-order valence-corrected chi connectivity index (χ0v) is 13.2. The summed E-state index contributed by atoms with van der Waals surface area (Å²) in [7, 11) is 0. The summed E-state index contributed by atoms with van der Waals surface area (Å²) in [6.45, 7) is 0.579. The monoisotopic (exact) mass is 317 g/mol. The minimum Gasteiger partial charge on any atom is -0.508 e. The second-order valence-corrected chi connectivity index (χ2v) is 6.19. The van der Waals surface area contributed by atoms with Crippen LogP contribution in [0.5, 0.6) is 11.5 Å². The van der Waals surface area contributed by atoms with Crippen LogP contribution in [0.3, 0.4) is 0 Å². The van der Waals surface area contributed by atoms with Crippen LogP contribution < -0.4 is 10.5 Å². The molecule has 0 saturated heterocycles. The van der Waals surface area contributed by atoms with Gasteiger partial charge in [0.05, 0.1) is 6.61 Å². The van der Waals surface area contributed by atoms with E-state index in [0.717, 1.165) is 17.0 Å². The molecule has 120 valence electrons. The van der Waals surface area contributed by atoms with Crippen molar-refractivity contribution in [1.82, 2.24) is 0 Å². The van der Waals surface area contributed by atoms with Gasteiger partial charge >= 0.3 is 0 Å². The smallest absolute Gasteiger partial charge is 0.126 e. The molecule has 1 aliphatic rings. The van der Waals surface area contributed by atoms with E-state index in [1.165, 1.54) is 11.1 Å². The summed E-state index contributed by atoms with van der Waals surface area (Å²) in [4.78, 5) is 0. The second-order valence-electron chi connectivity index (χ2n) is 6.19. The molecule has 0 saturated carbocycles. The minimum absolute atomic E-state index is 0.164. The number of ether oxygens (including phenoxy) is 1. The number of nitrogens with two attached hydrogens (primary N) is 1. The first kappa shape index (κ1) is 14.6. The molecular weight excluding hydrogens is 298 g/mol. The standard InChI is InChI=1S/C21H19NO2/c22-16-8-6-15(7-9-16)21-18-11-10-17(23)12-20(18)24-13-19(21)14-4-2-1-3-5-14/h1-12,19,21,23H,13,22H2. The highest BCUT2D eigenvalue weighted by atomic mass is 16.5. The molecule has 0 fully saturated rings. The van der Waals surface area contributed by atoms with Crippen LogP contribution in [0.4, 0.5) is 5.69 Å². The van der Waals surface area contributed by atoms with Crippen molar-refractivity contribution >= 4 is 5.69 Å². The number of phenols is 1. The number of benzene rings is 3. The molecule has 0 spiro atoms. The molecule has 0 amide bonds. The van der Waals surface area contributed by atoms with Gasteiger partial charge in [0.25, 0.3) is 0 Å². The van der Waals surface area contributed by atoms with Gasteiger partial charge in [-0.15, -0.1) is 0 Å². The highest BCUT2D eigenvalue weighted by molar-refractivity contribution is 5.52. The topological polar surface area (TPSA) is 55.5 Å². The molecule has 0 radical (unpaired) electrons. The van der Waals surface area contributed by atoms with Crippen LogP contribution in [-0.2, 0) is 0 Å². The van der Waals surface area contributed by atoms with Gasteiger partial charge in [0.1, 0.15) is 11.5 Å². The van der Waals surface area contributed by atoms with Crippen LogP contribution in [-0.4, -0.2) is 11.7 Å². The Hall–Kier alpha value is -2.94. The number of aromatic hydroxyl groups is 1. The first-order valence-electron chi connectivity index (χ1n) is 8.08. The van der Waals surface area contributed by atoms with Crippen LogP contribution >= 0.6 is 0 Å². The maximum absolute atomic E-state index is 9.77. The fourth-order valence-electron chi connectivity index (χ4n) is 3.50. The molecule has 3 N–H and O–H groups in total. The Morgan fingerprint density at radius 2 is 1.62 bits per heavy atom. The molecule has 3 heteroatoms. The first-order chi connectivity index (χ1) is 11.7. The van der Waals surface area contributed by atoms with Crippen LogP contribution in [0.15, 0.2) is 72.8 Å². The zero-order valence-electron chi connectivity index (χ0n) is 13.2. The minimum atomic E-state index is 0.164. The summed E-state index contributed by atoms with van der Waals surface area (Å²) >= 11 is 0. The Morgan fingerprint density at radius 1 is 0.875 bits per heavy atom. The molecule has 1 aliphatic heterocycles. The fraction of sp³-hybridized carbons (Fsp3) is 0.143. The van der Waals surface area contributed by atoms with Crippen molar-refractivity contribution in [3.05, 3.63) is 89.5 Å². The third-order valence-electron chi connectivity index (χ3n) is 4.68. The molecule has 2 unspecified atom stereocenters. The van der Waals surface area contributed by atoms with Crippen LogP contribution in [0.1, 0.15) is 28.5 Å². The predicted molar refractivity (Wildman–Crippen MR) is 95.5 cm³/mol. The quantitative estimate of drug-likeness (QED) is 0.694. The van der Waals surface area contributed by atoms with Gasteiger partial charge in [0.2, 0.25) is 0 Å². The fourth-order valence-corrected chi connectivity index (χ4v) is 3.50. The van der Waals surface area contributed by atoms with Gasteiger partial charge in [-0.25, -0.2) is 0 Å². The Morgan fingerprint density at radius 3 is 2.38 bits per heavy atom. The molecule has 3 aromatic rings. The van der Waals surface area contributed by atoms with Crippen molar-refractivity contribution in [2.45, 2.75) is 11.8 Å². The summed E-state index contributed by atoms with van der Waals surface area (Å²) in [6, 6.07) is 23.8. The van der Waals surface area contributed by atoms with E-state index in [0.29, 0.717) is 6.61 Å². The predicted octanol–water partition coefficient (Wildman–Crippen LogP) is 4.28. The lowest BCUT2D eigenvalue weighted by Crippen LogP contribution is -2.25. The Kier molecular flexibility index (Phi) is 3.62. The summed E-state index contributed by atoms with van der Waals surface area (Å²) in [5, 5.41) is 9.77. The van der Waals surface area contributed by atoms with Crippen molar-refractivity contribution in [2.75, 3.05) is 12.3 Å². The molecule has 3 nitrogen and oxygen atoms in total. The highest BCUT2D eigenvalue weighted by Crippen LogP contribution is 2.46. The number of anilines is 1. The lowest BCUT2D eigenvalue weighted by molar-refractivity contribution is 0.248. The van der Waals surface area contributed by atoms with Gasteiger partial charge < -0.3 is 15.6 Å². The summed E-state index contributed by atoms with van der Waals surface area (Å²) in [5.41, 5.74) is 10.2. The number of phenolic OH excluding ortho intramolecular Hbond substituents is 1. The molecule has 0 aromatic heterocycles. The van der Waals surface area contributed by atoms with E-state index in [4.69, 9.17) is 10.5 Å². The van der Waals surface area contributed by atoms with E-state index in [-0.39, 0.29) is 17.6 Å². The van der Waals surface area contributed by atoms with Gasteiger partial charge in [-0.05, 0) is 29.3 Å². The average molecular weight is 317 g/mol. The van der Waals surface area contributed by atoms with Crippen molar-refractivity contribution in [3.8, 4) is 11.5 Å². The second kappa shape index (κ2) is 5.93. The largest absolute Gasteiger partial charge is 0.508 e. The number of rotatable bonds is 2. The SMILES string of the molecule is Nc1ccc(C2c3ccc(O)cc3OCC2c2ccccc2)cc1. The van der Waals surface area contributed by atoms with Gasteiger partial charge in [-0.1, -0.05) is 48.5 Å². The molecule has 4 rings (SSSR count). The molecule has 24 heavy (non-hydrogen) atoms. The van der Waals surface area contributed by atoms with Crippen molar-refractivity contribution < 1.29 is 9.84 Å². The average Bonchev–Trinajstić information content (AvgIpc) is 2.62. The van der Waals surface area contributed by atoms with E-state index >= 15 is 0 Å². The number of nitrogen functional groups attached to an aromatic ring is 1. The van der Waals surface area contributed by atoms with Gasteiger partial charge in [0, 0.05) is 29.2 Å². The molecule has 0 aliphatic carbocycles. The lowest BCUT2D eigenvalue weighted by atomic mass is 9.76. The van der Waals surface area contributed by atoms with Crippen molar-refractivity contribution in [1.29, 1.82) is 0 Å². The Labute approximate surface area is 141 Å². The maximum Gasteiger partial charge on any atom is 0.126 e. The Bertz CT molecular complexity index is 843. The van der Waals surface area contributed by atoms with Crippen LogP contribution in [0, 0.1) is 0 Å². The van der Waals surface area contributed by atoms with E-state index in [9.17, 15) is 5.11 Å². The lowest BCUT2D eigenvalue weighted by Gasteiger charge is -2.34. The summed E-state index contributed by atoms with van der Waals surface area (Å²) < 4.78 is 5.96. The van der Waals surface area contributed by atoms with Crippen molar-refractivity contribution in [3.63, 3.8) is 0 Å². The summed E-state index contributed by atoms with van der Waals surface area (Å²) in [5.74, 6) is 1.36. The molecular formula is C21H19NO2. The van der Waals surface area contributed by atoms with E-state index in [1.807, 2.05) is 24.3 Å². The van der Waals surface area contributed by atoms with E-state index in [1.54, 1.807) is 12.1 Å². The summed E-state index contributed by atoms with van der Waals surface area (Å²) in [6.07, 6.45) is 0. The van der Waals surface area contributed by atoms with Crippen molar-refractivity contribution in [2.24, 2.45) is 0 Å². The number of hydrogen-bond donors (Lipinski definition) is 2. The molecule has 3 aromatic carbocycles. The van der Waals surface area contributed by atoms with Gasteiger partial charge in [0.15, 0.2) is 0 Å². The third-order valence-corrected chi connectivity index (χ3v) is 4.68. The maximum atomic E-state index is 9.77. The molecule has 1 heterocycles. The van der Waals surface area contributed by atoms with E-state index < -0.39 is 0 Å². The Balaban J connectivity index is 1.86. The highest BCUT2D eigenvalue weighted by Gasteiger charge is 2.33.